The van der Waals surface area contributed by atoms with Gasteiger partial charge in [-0.25, -0.2) is 17.6 Å². The summed E-state index contributed by atoms with van der Waals surface area (Å²) >= 11 is 4.98. The first-order chi connectivity index (χ1) is 7.77. The zero-order valence-electron chi connectivity index (χ0n) is 8.11. The lowest BCUT2D eigenvalue weighted by atomic mass is 10.0. The van der Waals surface area contributed by atoms with Gasteiger partial charge in [0, 0.05) is 11.6 Å². The zero-order chi connectivity index (χ0) is 13.3. The summed E-state index contributed by atoms with van der Waals surface area (Å²) in [6, 6.07) is -1.71. The zero-order valence-corrected chi connectivity index (χ0v) is 8.86. The second-order valence-corrected chi connectivity index (χ2v) is 3.57. The monoisotopic (exact) mass is 271 g/mol. The van der Waals surface area contributed by atoms with Crippen LogP contribution in [0.3, 0.4) is 0 Å². The highest BCUT2D eigenvalue weighted by atomic mass is 35.5. The molecule has 94 valence electrons. The van der Waals surface area contributed by atoms with Crippen LogP contribution in [0.5, 0.6) is 0 Å². The van der Waals surface area contributed by atoms with E-state index in [9.17, 15) is 22.4 Å². The third-order valence-electron chi connectivity index (χ3n) is 2.01. The fourth-order valence-electron chi connectivity index (χ4n) is 1.24. The molecule has 0 heterocycles. The molecular formula is C9H6ClF4NO2. The number of nitrogens with two attached hydrogens (primary N) is 1. The van der Waals surface area contributed by atoms with Crippen molar-refractivity contribution < 1.29 is 27.5 Å². The third-order valence-corrected chi connectivity index (χ3v) is 2.34. The van der Waals surface area contributed by atoms with Gasteiger partial charge in [-0.3, -0.25) is 4.79 Å². The molecule has 3 N–H and O–H groups in total. The first-order valence-corrected chi connectivity index (χ1v) is 4.63. The van der Waals surface area contributed by atoms with Gasteiger partial charge in [0.25, 0.3) is 0 Å². The maximum absolute atomic E-state index is 13.3. The molecule has 1 atom stereocenters. The third kappa shape index (κ3) is 2.50. The predicted molar refractivity (Wildman–Crippen MR) is 50.5 cm³/mol. The minimum atomic E-state index is -1.80. The number of carboxylic acids is 1. The highest BCUT2D eigenvalue weighted by molar-refractivity contribution is 6.30. The summed E-state index contributed by atoms with van der Waals surface area (Å²) in [6.45, 7) is 0. The van der Waals surface area contributed by atoms with Crippen LogP contribution in [0.15, 0.2) is 0 Å². The van der Waals surface area contributed by atoms with Crippen molar-refractivity contribution in [2.75, 3.05) is 0 Å². The Morgan fingerprint density at radius 2 is 1.59 bits per heavy atom. The van der Waals surface area contributed by atoms with Crippen molar-refractivity contribution in [1.29, 1.82) is 0 Å². The number of carbonyl (C=O) groups is 1. The molecule has 1 aromatic carbocycles. The number of carboxylic acid groups (broad SMARTS) is 1. The van der Waals surface area contributed by atoms with Crippen molar-refractivity contribution in [1.82, 2.24) is 0 Å². The van der Waals surface area contributed by atoms with Gasteiger partial charge >= 0.3 is 5.97 Å². The molecule has 1 rings (SSSR count). The molecule has 0 aromatic heterocycles. The van der Waals surface area contributed by atoms with Crippen LogP contribution in [0.4, 0.5) is 17.6 Å². The SMILES string of the molecule is NC(CC(=O)O)c1c(F)c(F)c(Cl)c(F)c1F. The van der Waals surface area contributed by atoms with Crippen LogP contribution in [0.25, 0.3) is 0 Å². The van der Waals surface area contributed by atoms with Crippen molar-refractivity contribution in [3.05, 3.63) is 33.9 Å². The fourth-order valence-corrected chi connectivity index (χ4v) is 1.40. The Labute approximate surface area is 97.8 Å². The van der Waals surface area contributed by atoms with E-state index in [2.05, 4.69) is 0 Å². The molecular weight excluding hydrogens is 266 g/mol. The molecule has 8 heteroatoms. The smallest absolute Gasteiger partial charge is 0.305 e. The van der Waals surface area contributed by atoms with E-state index in [1.807, 2.05) is 0 Å². The molecule has 0 amide bonds. The Morgan fingerprint density at radius 1 is 1.18 bits per heavy atom. The molecule has 0 aliphatic heterocycles. The van der Waals surface area contributed by atoms with Gasteiger partial charge in [-0.15, -0.1) is 0 Å². The lowest BCUT2D eigenvalue weighted by Gasteiger charge is -2.13. The molecule has 0 saturated carbocycles. The second-order valence-electron chi connectivity index (χ2n) is 3.19. The molecule has 17 heavy (non-hydrogen) atoms. The van der Waals surface area contributed by atoms with Crippen molar-refractivity contribution in [3.63, 3.8) is 0 Å². The second kappa shape index (κ2) is 4.89. The average molecular weight is 272 g/mol. The Kier molecular flexibility index (Phi) is 3.94. The van der Waals surface area contributed by atoms with Gasteiger partial charge in [-0.2, -0.15) is 0 Å². The number of halogens is 5. The standard InChI is InChI=1S/C9H6ClF4NO2/c10-5-8(13)6(11)4(7(12)9(5)14)2(15)1-3(16)17/h2H,1,15H2,(H,16,17). The van der Waals surface area contributed by atoms with E-state index in [1.165, 1.54) is 0 Å². The van der Waals surface area contributed by atoms with Gasteiger partial charge in [-0.05, 0) is 0 Å². The summed E-state index contributed by atoms with van der Waals surface area (Å²) in [5, 5.41) is 7.04. The summed E-state index contributed by atoms with van der Waals surface area (Å²) in [5.74, 6) is -8.65. The molecule has 0 aliphatic carbocycles. The van der Waals surface area contributed by atoms with Crippen molar-refractivity contribution in [3.8, 4) is 0 Å². The number of benzene rings is 1. The van der Waals surface area contributed by atoms with Gasteiger partial charge in [0.15, 0.2) is 23.3 Å². The van der Waals surface area contributed by atoms with Crippen LogP contribution in [-0.2, 0) is 4.79 Å². The number of hydrogen-bond donors (Lipinski definition) is 2. The van der Waals surface area contributed by atoms with Crippen LogP contribution < -0.4 is 5.73 Å². The van der Waals surface area contributed by atoms with Crippen LogP contribution in [0, 0.1) is 23.3 Å². The number of hydrogen-bond acceptors (Lipinski definition) is 2. The van der Waals surface area contributed by atoms with E-state index >= 15 is 0 Å². The highest BCUT2D eigenvalue weighted by Crippen LogP contribution is 2.31. The molecule has 0 spiro atoms. The average Bonchev–Trinajstić information content (AvgIpc) is 2.23. The summed E-state index contributed by atoms with van der Waals surface area (Å²) in [4.78, 5) is 10.3. The van der Waals surface area contributed by atoms with Gasteiger partial charge < -0.3 is 10.8 Å². The largest absolute Gasteiger partial charge is 0.481 e. The normalized spacial score (nSPS) is 12.6. The molecule has 0 fully saturated rings. The Bertz CT molecular complexity index is 452. The molecule has 3 nitrogen and oxygen atoms in total. The van der Waals surface area contributed by atoms with E-state index in [-0.39, 0.29) is 0 Å². The highest BCUT2D eigenvalue weighted by Gasteiger charge is 2.28. The van der Waals surface area contributed by atoms with Crippen LogP contribution in [-0.4, -0.2) is 11.1 Å². The van der Waals surface area contributed by atoms with Gasteiger partial charge in [0.2, 0.25) is 0 Å². The molecule has 1 aromatic rings. The lowest BCUT2D eigenvalue weighted by molar-refractivity contribution is -0.137. The van der Waals surface area contributed by atoms with Gasteiger partial charge in [0.05, 0.1) is 6.42 Å². The van der Waals surface area contributed by atoms with E-state index < -0.39 is 52.3 Å². The minimum Gasteiger partial charge on any atom is -0.481 e. The van der Waals surface area contributed by atoms with Crippen molar-refractivity contribution >= 4 is 17.6 Å². The van der Waals surface area contributed by atoms with Crippen LogP contribution in [0.1, 0.15) is 18.0 Å². The Hall–Kier alpha value is -1.34. The van der Waals surface area contributed by atoms with Crippen molar-refractivity contribution in [2.24, 2.45) is 5.73 Å². The minimum absolute atomic E-state index is 0.881. The van der Waals surface area contributed by atoms with Gasteiger partial charge in [-0.1, -0.05) is 11.6 Å². The predicted octanol–water partition coefficient (Wildman–Crippen LogP) is 2.37. The molecule has 1 unspecified atom stereocenters. The van der Waals surface area contributed by atoms with E-state index in [1.54, 1.807) is 0 Å². The molecule has 0 bridgehead atoms. The van der Waals surface area contributed by atoms with Gasteiger partial charge in [0.1, 0.15) is 5.02 Å². The van der Waals surface area contributed by atoms with E-state index in [0.717, 1.165) is 0 Å². The van der Waals surface area contributed by atoms with Crippen molar-refractivity contribution in [2.45, 2.75) is 12.5 Å². The maximum Gasteiger partial charge on any atom is 0.305 e. The Morgan fingerprint density at radius 3 is 1.94 bits per heavy atom. The lowest BCUT2D eigenvalue weighted by Crippen LogP contribution is -2.20. The summed E-state index contributed by atoms with van der Waals surface area (Å²) < 4.78 is 52.6. The van der Waals surface area contributed by atoms with Crippen LogP contribution in [0.2, 0.25) is 5.02 Å². The van der Waals surface area contributed by atoms with E-state index in [0.29, 0.717) is 0 Å². The first-order valence-electron chi connectivity index (χ1n) is 4.26. The fraction of sp³-hybridized carbons (Fsp3) is 0.222. The summed E-state index contributed by atoms with van der Waals surface area (Å²) in [7, 11) is 0. The Balaban J connectivity index is 3.38. The molecule has 0 aliphatic rings. The number of rotatable bonds is 3. The van der Waals surface area contributed by atoms with Crippen LogP contribution >= 0.6 is 11.6 Å². The first kappa shape index (κ1) is 13.7. The summed E-state index contributed by atoms with van der Waals surface area (Å²) in [6.07, 6.45) is -0.881. The van der Waals surface area contributed by atoms with E-state index in [4.69, 9.17) is 22.4 Å². The maximum atomic E-state index is 13.3. The molecule has 0 saturated heterocycles. The molecule has 0 radical (unpaired) electrons. The topological polar surface area (TPSA) is 63.3 Å². The quantitative estimate of drug-likeness (QED) is 0.504. The number of aliphatic carboxylic acids is 1. The summed E-state index contributed by atoms with van der Waals surface area (Å²) in [5.41, 5.74) is 3.97.